The van der Waals surface area contributed by atoms with Crippen LogP contribution in [0.3, 0.4) is 0 Å². The van der Waals surface area contributed by atoms with Gasteiger partial charge in [-0.05, 0) is 24.0 Å². The Kier molecular flexibility index (Phi) is 5.76. The van der Waals surface area contributed by atoms with E-state index in [1.54, 1.807) is 12.1 Å². The molecule has 0 saturated heterocycles. The Labute approximate surface area is 126 Å². The molecule has 1 saturated carbocycles. The largest absolute Gasteiger partial charge is 0.355 e. The molecule has 0 heterocycles. The highest BCUT2D eigenvalue weighted by atomic mass is 32.2. The van der Waals surface area contributed by atoms with Gasteiger partial charge in [-0.3, -0.25) is 4.79 Å². The Morgan fingerprint density at radius 1 is 1.05 bits per heavy atom. The third kappa shape index (κ3) is 5.47. The fourth-order valence-electron chi connectivity index (χ4n) is 2.65. The SMILES string of the molecule is O=CNCc1ccc(CS(=O)(=O)NC2CCCCC2)cc1. The van der Waals surface area contributed by atoms with E-state index < -0.39 is 10.0 Å². The number of nitrogens with one attached hydrogen (secondary N) is 2. The van der Waals surface area contributed by atoms with Gasteiger partial charge in [-0.1, -0.05) is 43.5 Å². The summed E-state index contributed by atoms with van der Waals surface area (Å²) in [5.74, 6) is 0.00485. The molecule has 0 unspecified atom stereocenters. The standard InChI is InChI=1S/C15H22N2O3S/c18-12-16-10-13-6-8-14(9-7-13)11-21(19,20)17-15-4-2-1-3-5-15/h6-9,12,15,17H,1-5,10-11H2,(H,16,18). The predicted molar refractivity (Wildman–Crippen MR) is 82.0 cm³/mol. The van der Waals surface area contributed by atoms with E-state index in [-0.39, 0.29) is 11.8 Å². The topological polar surface area (TPSA) is 75.3 Å². The molecule has 1 aliphatic rings. The third-order valence-corrected chi connectivity index (χ3v) is 5.13. The van der Waals surface area contributed by atoms with E-state index in [1.165, 1.54) is 6.42 Å². The van der Waals surface area contributed by atoms with Crippen molar-refractivity contribution in [2.75, 3.05) is 0 Å². The molecule has 21 heavy (non-hydrogen) atoms. The fourth-order valence-corrected chi connectivity index (χ4v) is 4.11. The molecule has 1 fully saturated rings. The molecule has 2 N–H and O–H groups in total. The molecule has 0 radical (unpaired) electrons. The number of rotatable bonds is 7. The summed E-state index contributed by atoms with van der Waals surface area (Å²) < 4.78 is 27.1. The average molecular weight is 310 g/mol. The molecule has 0 bridgehead atoms. The van der Waals surface area contributed by atoms with Crippen LogP contribution in [-0.4, -0.2) is 20.9 Å². The highest BCUT2D eigenvalue weighted by Crippen LogP contribution is 2.19. The Balaban J connectivity index is 1.91. The summed E-state index contributed by atoms with van der Waals surface area (Å²) >= 11 is 0. The summed E-state index contributed by atoms with van der Waals surface area (Å²) in [6.07, 6.45) is 5.93. The zero-order valence-corrected chi connectivity index (χ0v) is 12.9. The maximum Gasteiger partial charge on any atom is 0.216 e. The van der Waals surface area contributed by atoms with Gasteiger partial charge in [-0.25, -0.2) is 13.1 Å². The van der Waals surface area contributed by atoms with Crippen molar-refractivity contribution in [3.63, 3.8) is 0 Å². The summed E-state index contributed by atoms with van der Waals surface area (Å²) in [5.41, 5.74) is 1.71. The summed E-state index contributed by atoms with van der Waals surface area (Å²) in [4.78, 5) is 10.2. The first-order valence-corrected chi connectivity index (χ1v) is 8.99. The van der Waals surface area contributed by atoms with E-state index in [0.717, 1.165) is 36.8 Å². The minimum Gasteiger partial charge on any atom is -0.355 e. The van der Waals surface area contributed by atoms with Crippen LogP contribution in [0.25, 0.3) is 0 Å². The van der Waals surface area contributed by atoms with Crippen LogP contribution in [0.5, 0.6) is 0 Å². The molecule has 0 atom stereocenters. The third-order valence-electron chi connectivity index (χ3n) is 3.72. The first kappa shape index (κ1) is 16.0. The van der Waals surface area contributed by atoms with Gasteiger partial charge < -0.3 is 5.32 Å². The van der Waals surface area contributed by atoms with Crippen molar-refractivity contribution >= 4 is 16.4 Å². The zero-order chi connectivity index (χ0) is 15.1. The van der Waals surface area contributed by atoms with Crippen molar-refractivity contribution in [1.29, 1.82) is 0 Å². The number of carbonyl (C=O) groups excluding carboxylic acids is 1. The number of hydrogen-bond acceptors (Lipinski definition) is 3. The van der Waals surface area contributed by atoms with Gasteiger partial charge in [0.05, 0.1) is 5.75 Å². The maximum absolute atomic E-state index is 12.2. The molecule has 6 heteroatoms. The van der Waals surface area contributed by atoms with E-state index in [1.807, 2.05) is 12.1 Å². The Morgan fingerprint density at radius 3 is 2.29 bits per heavy atom. The number of benzene rings is 1. The van der Waals surface area contributed by atoms with Crippen molar-refractivity contribution < 1.29 is 13.2 Å². The van der Waals surface area contributed by atoms with Crippen LogP contribution >= 0.6 is 0 Å². The van der Waals surface area contributed by atoms with Gasteiger partial charge in [0.25, 0.3) is 0 Å². The molecule has 0 aliphatic heterocycles. The Bertz CT molecular complexity index is 549. The molecular weight excluding hydrogens is 288 g/mol. The molecule has 1 aromatic rings. The molecule has 5 nitrogen and oxygen atoms in total. The lowest BCUT2D eigenvalue weighted by molar-refractivity contribution is -0.109. The quantitative estimate of drug-likeness (QED) is 0.753. The van der Waals surface area contributed by atoms with E-state index in [9.17, 15) is 13.2 Å². The summed E-state index contributed by atoms with van der Waals surface area (Å²) in [6.45, 7) is 0.455. The second-order valence-corrected chi connectivity index (χ2v) is 7.28. The summed E-state index contributed by atoms with van der Waals surface area (Å²) in [6, 6.07) is 7.35. The van der Waals surface area contributed by atoms with Crippen molar-refractivity contribution in [3.8, 4) is 0 Å². The zero-order valence-electron chi connectivity index (χ0n) is 12.0. The molecule has 0 spiro atoms. The maximum atomic E-state index is 12.2. The van der Waals surface area contributed by atoms with Crippen LogP contribution in [0.15, 0.2) is 24.3 Å². The van der Waals surface area contributed by atoms with E-state index >= 15 is 0 Å². The smallest absolute Gasteiger partial charge is 0.216 e. The van der Waals surface area contributed by atoms with Crippen LogP contribution < -0.4 is 10.0 Å². The molecular formula is C15H22N2O3S. The van der Waals surface area contributed by atoms with Crippen molar-refractivity contribution in [2.24, 2.45) is 0 Å². The van der Waals surface area contributed by atoms with Gasteiger partial charge >= 0.3 is 0 Å². The van der Waals surface area contributed by atoms with Gasteiger partial charge in [0.1, 0.15) is 0 Å². The highest BCUT2D eigenvalue weighted by Gasteiger charge is 2.20. The summed E-state index contributed by atoms with van der Waals surface area (Å²) in [7, 11) is -3.29. The second kappa shape index (κ2) is 7.56. The molecule has 116 valence electrons. The first-order valence-electron chi connectivity index (χ1n) is 7.34. The van der Waals surface area contributed by atoms with Crippen LogP contribution in [0.2, 0.25) is 0 Å². The fraction of sp³-hybridized carbons (Fsp3) is 0.533. The van der Waals surface area contributed by atoms with Crippen molar-refractivity contribution in [1.82, 2.24) is 10.0 Å². The lowest BCUT2D eigenvalue weighted by atomic mass is 9.96. The second-order valence-electron chi connectivity index (χ2n) is 5.53. The van der Waals surface area contributed by atoms with Crippen LogP contribution in [0.4, 0.5) is 0 Å². The minimum atomic E-state index is -3.29. The predicted octanol–water partition coefficient (Wildman–Crippen LogP) is 1.68. The van der Waals surface area contributed by atoms with Crippen LogP contribution in [0.1, 0.15) is 43.2 Å². The minimum absolute atomic E-state index is 0.00485. The Morgan fingerprint density at radius 2 is 1.67 bits per heavy atom. The lowest BCUT2D eigenvalue weighted by Gasteiger charge is -2.22. The van der Waals surface area contributed by atoms with E-state index in [2.05, 4.69) is 10.0 Å². The summed E-state index contributed by atoms with van der Waals surface area (Å²) in [5, 5.41) is 2.58. The van der Waals surface area contributed by atoms with Crippen LogP contribution in [-0.2, 0) is 27.1 Å². The normalized spacial score (nSPS) is 16.6. The van der Waals surface area contributed by atoms with Crippen molar-refractivity contribution in [3.05, 3.63) is 35.4 Å². The molecule has 1 amide bonds. The first-order chi connectivity index (χ1) is 10.1. The number of carbonyl (C=O) groups is 1. The Hall–Kier alpha value is -1.40. The van der Waals surface area contributed by atoms with Gasteiger partial charge in [-0.2, -0.15) is 0 Å². The molecule has 1 aliphatic carbocycles. The van der Waals surface area contributed by atoms with E-state index in [0.29, 0.717) is 13.0 Å². The molecule has 1 aromatic carbocycles. The number of sulfonamides is 1. The molecule has 0 aromatic heterocycles. The van der Waals surface area contributed by atoms with Gasteiger partial charge in [0.15, 0.2) is 0 Å². The van der Waals surface area contributed by atoms with Gasteiger partial charge in [-0.15, -0.1) is 0 Å². The van der Waals surface area contributed by atoms with Crippen molar-refractivity contribution in [2.45, 2.75) is 50.4 Å². The highest BCUT2D eigenvalue weighted by molar-refractivity contribution is 7.88. The van der Waals surface area contributed by atoms with E-state index in [4.69, 9.17) is 0 Å². The number of amides is 1. The van der Waals surface area contributed by atoms with Gasteiger partial charge in [0, 0.05) is 12.6 Å². The van der Waals surface area contributed by atoms with Gasteiger partial charge in [0.2, 0.25) is 16.4 Å². The van der Waals surface area contributed by atoms with Crippen LogP contribution in [0, 0.1) is 0 Å². The molecule has 2 rings (SSSR count). The monoisotopic (exact) mass is 310 g/mol. The lowest BCUT2D eigenvalue weighted by Crippen LogP contribution is -2.36. The number of hydrogen-bond donors (Lipinski definition) is 2. The average Bonchev–Trinajstić information content (AvgIpc) is 2.47.